The number of carbonyl (C=O) groups is 1. The van der Waals surface area contributed by atoms with Gasteiger partial charge in [-0.1, -0.05) is 18.2 Å². The molecule has 0 aliphatic carbocycles. The highest BCUT2D eigenvalue weighted by molar-refractivity contribution is 5.93. The molecule has 0 heterocycles. The number of methoxy groups -OCH3 is 1. The lowest BCUT2D eigenvalue weighted by molar-refractivity contribution is -0.115. The first kappa shape index (κ1) is 16.7. The van der Waals surface area contributed by atoms with Crippen LogP contribution in [0.2, 0.25) is 0 Å². The molecule has 2 rings (SSSR count). The van der Waals surface area contributed by atoms with E-state index in [0.717, 1.165) is 11.3 Å². The summed E-state index contributed by atoms with van der Waals surface area (Å²) in [6.45, 7) is 3.91. The van der Waals surface area contributed by atoms with Crippen LogP contribution in [-0.4, -0.2) is 19.1 Å². The number of nitrogens with two attached hydrogens (primary N) is 1. The minimum Gasteiger partial charge on any atom is -0.495 e. The molecule has 0 aliphatic heterocycles. The van der Waals surface area contributed by atoms with Gasteiger partial charge >= 0.3 is 0 Å². The molecule has 0 aromatic heterocycles. The summed E-state index contributed by atoms with van der Waals surface area (Å²) in [5.41, 5.74) is 7.81. The van der Waals surface area contributed by atoms with Gasteiger partial charge in [0.1, 0.15) is 11.5 Å². The van der Waals surface area contributed by atoms with Crippen LogP contribution in [0.4, 0.5) is 11.4 Å². The molecule has 5 nitrogen and oxygen atoms in total. The maximum atomic E-state index is 12.2. The minimum absolute atomic E-state index is 0.0561. The van der Waals surface area contributed by atoms with E-state index < -0.39 is 0 Å². The standard InChI is InChI=1S/C18H22N2O3/c1-12(2)23-16-7-5-4-6-13(16)10-18(21)20-14-8-9-17(22-3)15(19)11-14/h4-9,11-12H,10,19H2,1-3H3,(H,20,21). The smallest absolute Gasteiger partial charge is 0.228 e. The van der Waals surface area contributed by atoms with E-state index in [2.05, 4.69) is 5.32 Å². The molecular weight excluding hydrogens is 292 g/mol. The molecule has 0 saturated carbocycles. The van der Waals surface area contributed by atoms with Crippen LogP contribution in [0.15, 0.2) is 42.5 Å². The third-order valence-corrected chi connectivity index (χ3v) is 3.20. The zero-order valence-corrected chi connectivity index (χ0v) is 13.6. The SMILES string of the molecule is COc1ccc(NC(=O)Cc2ccccc2OC(C)C)cc1N. The summed E-state index contributed by atoms with van der Waals surface area (Å²) in [6.07, 6.45) is 0.287. The van der Waals surface area contributed by atoms with Gasteiger partial charge in [-0.15, -0.1) is 0 Å². The Morgan fingerprint density at radius 3 is 2.57 bits per heavy atom. The number of nitrogen functional groups attached to an aromatic ring is 1. The average molecular weight is 314 g/mol. The molecule has 0 radical (unpaired) electrons. The maximum Gasteiger partial charge on any atom is 0.228 e. The van der Waals surface area contributed by atoms with Crippen molar-refractivity contribution in [3.05, 3.63) is 48.0 Å². The van der Waals surface area contributed by atoms with Crippen molar-refractivity contribution in [1.82, 2.24) is 0 Å². The van der Waals surface area contributed by atoms with Crippen molar-refractivity contribution in [2.45, 2.75) is 26.4 Å². The second-order valence-electron chi connectivity index (χ2n) is 5.46. The number of nitrogens with one attached hydrogen (secondary N) is 1. The fourth-order valence-corrected chi connectivity index (χ4v) is 2.21. The van der Waals surface area contributed by atoms with Gasteiger partial charge in [-0.2, -0.15) is 0 Å². The van der Waals surface area contributed by atoms with E-state index in [1.807, 2.05) is 38.1 Å². The maximum absolute atomic E-state index is 12.2. The molecule has 1 amide bonds. The Hall–Kier alpha value is -2.69. The molecule has 0 saturated heterocycles. The molecule has 0 atom stereocenters. The number of ether oxygens (including phenoxy) is 2. The van der Waals surface area contributed by atoms with Gasteiger partial charge in [0.05, 0.1) is 25.3 Å². The van der Waals surface area contributed by atoms with E-state index in [-0.39, 0.29) is 18.4 Å². The minimum atomic E-state index is -0.130. The van der Waals surface area contributed by atoms with Crippen LogP contribution in [0.1, 0.15) is 19.4 Å². The van der Waals surface area contributed by atoms with Crippen molar-refractivity contribution in [3.8, 4) is 11.5 Å². The number of hydrogen-bond acceptors (Lipinski definition) is 4. The largest absolute Gasteiger partial charge is 0.495 e. The fourth-order valence-electron chi connectivity index (χ4n) is 2.21. The van der Waals surface area contributed by atoms with Gasteiger partial charge in [-0.05, 0) is 38.1 Å². The van der Waals surface area contributed by atoms with E-state index >= 15 is 0 Å². The van der Waals surface area contributed by atoms with Crippen molar-refractivity contribution in [2.24, 2.45) is 0 Å². The molecule has 0 fully saturated rings. The average Bonchev–Trinajstić information content (AvgIpc) is 2.49. The molecule has 0 spiro atoms. The highest BCUT2D eigenvalue weighted by Gasteiger charge is 2.11. The van der Waals surface area contributed by atoms with Gasteiger partial charge in [-0.25, -0.2) is 0 Å². The Morgan fingerprint density at radius 1 is 1.17 bits per heavy atom. The Morgan fingerprint density at radius 2 is 1.91 bits per heavy atom. The van der Waals surface area contributed by atoms with E-state index in [1.165, 1.54) is 0 Å². The lowest BCUT2D eigenvalue weighted by atomic mass is 10.1. The number of para-hydroxylation sites is 1. The Bertz CT molecular complexity index is 684. The van der Waals surface area contributed by atoms with Gasteiger partial charge in [-0.3, -0.25) is 4.79 Å². The zero-order valence-electron chi connectivity index (χ0n) is 13.6. The normalized spacial score (nSPS) is 10.4. The monoisotopic (exact) mass is 314 g/mol. The predicted octanol–water partition coefficient (Wildman–Crippen LogP) is 3.25. The van der Waals surface area contributed by atoms with Crippen molar-refractivity contribution in [2.75, 3.05) is 18.2 Å². The highest BCUT2D eigenvalue weighted by Crippen LogP contribution is 2.25. The van der Waals surface area contributed by atoms with Gasteiger partial charge in [0.15, 0.2) is 0 Å². The van der Waals surface area contributed by atoms with Crippen molar-refractivity contribution < 1.29 is 14.3 Å². The van der Waals surface area contributed by atoms with Gasteiger partial charge in [0.25, 0.3) is 0 Å². The lowest BCUT2D eigenvalue weighted by Gasteiger charge is -2.14. The van der Waals surface area contributed by atoms with Crippen LogP contribution < -0.4 is 20.5 Å². The predicted molar refractivity (Wildman–Crippen MR) is 91.9 cm³/mol. The van der Waals surface area contributed by atoms with Crippen molar-refractivity contribution in [3.63, 3.8) is 0 Å². The number of benzene rings is 2. The summed E-state index contributed by atoms with van der Waals surface area (Å²) in [7, 11) is 1.55. The van der Waals surface area contributed by atoms with Crippen molar-refractivity contribution in [1.29, 1.82) is 0 Å². The molecule has 23 heavy (non-hydrogen) atoms. The van der Waals surface area contributed by atoms with Crippen LogP contribution >= 0.6 is 0 Å². The molecule has 2 aromatic carbocycles. The van der Waals surface area contributed by atoms with E-state index in [1.54, 1.807) is 25.3 Å². The Kier molecular flexibility index (Phi) is 5.46. The molecule has 2 aromatic rings. The summed E-state index contributed by atoms with van der Waals surface area (Å²) in [5, 5.41) is 2.83. The van der Waals surface area contributed by atoms with E-state index in [9.17, 15) is 4.79 Å². The lowest BCUT2D eigenvalue weighted by Crippen LogP contribution is -2.16. The summed E-state index contributed by atoms with van der Waals surface area (Å²) >= 11 is 0. The molecule has 5 heteroatoms. The number of rotatable bonds is 6. The number of carbonyl (C=O) groups excluding carboxylic acids is 1. The van der Waals surface area contributed by atoms with Gasteiger partial charge < -0.3 is 20.5 Å². The first-order chi connectivity index (χ1) is 11.0. The van der Waals surface area contributed by atoms with E-state index in [4.69, 9.17) is 15.2 Å². The molecule has 0 unspecified atom stereocenters. The second kappa shape index (κ2) is 7.54. The molecule has 0 aliphatic rings. The Balaban J connectivity index is 2.07. The third kappa shape index (κ3) is 4.64. The summed E-state index contributed by atoms with van der Waals surface area (Å²) in [4.78, 5) is 12.2. The first-order valence-electron chi connectivity index (χ1n) is 7.47. The summed E-state index contributed by atoms with van der Waals surface area (Å²) < 4.78 is 10.8. The first-order valence-corrected chi connectivity index (χ1v) is 7.47. The summed E-state index contributed by atoms with van der Waals surface area (Å²) in [5.74, 6) is 1.18. The number of anilines is 2. The fraction of sp³-hybridized carbons (Fsp3) is 0.278. The van der Waals surface area contributed by atoms with Crippen LogP contribution in [0.5, 0.6) is 11.5 Å². The zero-order chi connectivity index (χ0) is 16.8. The molecular formula is C18H22N2O3. The number of amides is 1. The quantitative estimate of drug-likeness (QED) is 0.803. The molecule has 3 N–H and O–H groups in total. The van der Waals surface area contributed by atoms with Crippen LogP contribution in [0.3, 0.4) is 0 Å². The second-order valence-corrected chi connectivity index (χ2v) is 5.46. The van der Waals surface area contributed by atoms with Crippen molar-refractivity contribution >= 4 is 17.3 Å². The molecule has 0 bridgehead atoms. The van der Waals surface area contributed by atoms with Crippen LogP contribution in [0.25, 0.3) is 0 Å². The van der Waals surface area contributed by atoms with Gasteiger partial charge in [0, 0.05) is 11.3 Å². The van der Waals surface area contributed by atoms with Gasteiger partial charge in [0.2, 0.25) is 5.91 Å². The van der Waals surface area contributed by atoms with Crippen LogP contribution in [0, 0.1) is 0 Å². The summed E-state index contributed by atoms with van der Waals surface area (Å²) in [6, 6.07) is 12.7. The molecule has 122 valence electrons. The highest BCUT2D eigenvalue weighted by atomic mass is 16.5. The van der Waals surface area contributed by atoms with Crippen LogP contribution in [-0.2, 0) is 11.2 Å². The number of hydrogen-bond donors (Lipinski definition) is 2. The van der Waals surface area contributed by atoms with E-state index in [0.29, 0.717) is 17.1 Å². The topological polar surface area (TPSA) is 73.6 Å². The Labute approximate surface area is 136 Å². The third-order valence-electron chi connectivity index (χ3n) is 3.20.